The maximum atomic E-state index is 13.0. The van der Waals surface area contributed by atoms with Gasteiger partial charge in [-0.3, -0.25) is 14.7 Å². The van der Waals surface area contributed by atoms with Gasteiger partial charge in [0.1, 0.15) is 5.69 Å². The van der Waals surface area contributed by atoms with Gasteiger partial charge in [0.25, 0.3) is 5.91 Å². The zero-order valence-corrected chi connectivity index (χ0v) is 12.4. The summed E-state index contributed by atoms with van der Waals surface area (Å²) in [6.45, 7) is 0.215. The lowest BCUT2D eigenvalue weighted by molar-refractivity contribution is -0.198. The van der Waals surface area contributed by atoms with Gasteiger partial charge in [-0.15, -0.1) is 0 Å². The molecule has 1 fully saturated rings. The van der Waals surface area contributed by atoms with Crippen molar-refractivity contribution in [2.45, 2.75) is 31.9 Å². The van der Waals surface area contributed by atoms with Crippen LogP contribution in [0.1, 0.15) is 36.2 Å². The van der Waals surface area contributed by atoms with E-state index in [0.717, 1.165) is 0 Å². The largest absolute Gasteiger partial charge is 0.392 e. The summed E-state index contributed by atoms with van der Waals surface area (Å²) in [5, 5.41) is 11.1. The van der Waals surface area contributed by atoms with E-state index < -0.39 is 23.9 Å². The fraction of sp³-hybridized carbons (Fsp3) is 0.643. The van der Waals surface area contributed by atoms with Crippen LogP contribution in [-0.2, 0) is 4.79 Å². The highest BCUT2D eigenvalue weighted by molar-refractivity contribution is 5.92. The van der Waals surface area contributed by atoms with Crippen LogP contribution in [0.15, 0.2) is 12.3 Å². The number of halogens is 3. The molecule has 1 saturated carbocycles. The molecule has 0 aromatic carbocycles. The van der Waals surface area contributed by atoms with Crippen LogP contribution in [0.2, 0.25) is 0 Å². The van der Waals surface area contributed by atoms with Crippen LogP contribution in [0.3, 0.4) is 0 Å². The molecule has 0 bridgehead atoms. The van der Waals surface area contributed by atoms with Crippen LogP contribution in [0.25, 0.3) is 0 Å². The van der Waals surface area contributed by atoms with Crippen LogP contribution >= 0.6 is 0 Å². The first-order valence-corrected chi connectivity index (χ1v) is 7.51. The predicted octanol–water partition coefficient (Wildman–Crippen LogP) is 1.62. The lowest BCUT2D eigenvalue weighted by Gasteiger charge is -2.32. The maximum absolute atomic E-state index is 13.0. The summed E-state index contributed by atoms with van der Waals surface area (Å²) in [6.07, 6.45) is -1.56. The minimum absolute atomic E-state index is 0.00184. The highest BCUT2D eigenvalue weighted by atomic mass is 19.4. The lowest BCUT2D eigenvalue weighted by Crippen LogP contribution is -2.44. The molecule has 3 N–H and O–H groups in total. The van der Waals surface area contributed by atoms with E-state index >= 15 is 0 Å². The fourth-order valence-corrected chi connectivity index (χ4v) is 2.81. The molecule has 1 aliphatic rings. The topological polar surface area (TPSA) is 86.9 Å². The number of hydrogen-bond donors (Lipinski definition) is 3. The van der Waals surface area contributed by atoms with Gasteiger partial charge in [0.15, 0.2) is 0 Å². The molecule has 1 aromatic rings. The van der Waals surface area contributed by atoms with Gasteiger partial charge in [-0.1, -0.05) is 12.8 Å². The van der Waals surface area contributed by atoms with E-state index in [9.17, 15) is 22.8 Å². The molecule has 2 rings (SSSR count). The molecule has 9 heteroatoms. The van der Waals surface area contributed by atoms with Gasteiger partial charge in [0.2, 0.25) is 5.91 Å². The molecule has 0 aliphatic heterocycles. The number of hydrogen-bond acceptors (Lipinski definition) is 3. The smallest absolute Gasteiger partial charge is 0.354 e. The number of rotatable bonds is 5. The van der Waals surface area contributed by atoms with Crippen LogP contribution in [0, 0.1) is 11.8 Å². The first-order valence-electron chi connectivity index (χ1n) is 7.51. The third kappa shape index (κ3) is 4.70. The van der Waals surface area contributed by atoms with Gasteiger partial charge < -0.3 is 10.6 Å². The Morgan fingerprint density at radius 1 is 1.22 bits per heavy atom. The summed E-state index contributed by atoms with van der Waals surface area (Å²) in [7, 11) is 0. The summed E-state index contributed by atoms with van der Waals surface area (Å²) < 4.78 is 38.9. The third-order valence-corrected chi connectivity index (χ3v) is 3.98. The van der Waals surface area contributed by atoms with Gasteiger partial charge in [-0.05, 0) is 18.9 Å². The third-order valence-electron chi connectivity index (χ3n) is 3.98. The Hall–Kier alpha value is -2.06. The Bertz CT molecular complexity index is 531. The van der Waals surface area contributed by atoms with Crippen molar-refractivity contribution >= 4 is 11.8 Å². The summed E-state index contributed by atoms with van der Waals surface area (Å²) >= 11 is 0. The molecule has 0 saturated heterocycles. The first kappa shape index (κ1) is 17.3. The molecule has 1 heterocycles. The second-order valence-corrected chi connectivity index (χ2v) is 5.56. The van der Waals surface area contributed by atoms with Gasteiger partial charge in [-0.25, -0.2) is 0 Å². The van der Waals surface area contributed by atoms with E-state index in [1.165, 1.54) is 12.3 Å². The number of alkyl halides is 3. The number of nitrogens with zero attached hydrogens (tertiary/aromatic N) is 1. The van der Waals surface area contributed by atoms with Crippen molar-refractivity contribution in [2.24, 2.45) is 11.8 Å². The standard InChI is InChI=1S/C14H19F3N4O2/c15-14(16,17)10-4-2-1-3-9(10)12(22)18-7-8-19-13(23)11-5-6-20-21-11/h5-6,9-10H,1-4,7-8H2,(H,18,22)(H,19,23)(H,20,21)/t9-,10-/m0/s1. The number of carbonyl (C=O) groups excluding carboxylic acids is 2. The second kappa shape index (κ2) is 7.47. The lowest BCUT2D eigenvalue weighted by atomic mass is 9.78. The normalized spacial score (nSPS) is 21.7. The minimum atomic E-state index is -4.35. The van der Waals surface area contributed by atoms with Gasteiger partial charge in [0, 0.05) is 25.2 Å². The molecule has 2 atom stereocenters. The molecule has 0 spiro atoms. The van der Waals surface area contributed by atoms with Crippen LogP contribution in [0.5, 0.6) is 0 Å². The average Bonchev–Trinajstić information content (AvgIpc) is 3.04. The van der Waals surface area contributed by atoms with E-state index in [-0.39, 0.29) is 37.5 Å². The molecule has 6 nitrogen and oxygen atoms in total. The summed E-state index contributed by atoms with van der Waals surface area (Å²) in [5.41, 5.74) is 0.278. The van der Waals surface area contributed by atoms with Crippen molar-refractivity contribution in [3.05, 3.63) is 18.0 Å². The monoisotopic (exact) mass is 332 g/mol. The number of aromatic nitrogens is 2. The van der Waals surface area contributed by atoms with E-state index in [1.54, 1.807) is 0 Å². The molecule has 0 radical (unpaired) electrons. The number of aromatic amines is 1. The molecule has 1 aromatic heterocycles. The molecular weight excluding hydrogens is 313 g/mol. The van der Waals surface area contributed by atoms with Crippen LogP contribution in [0.4, 0.5) is 13.2 Å². The zero-order valence-electron chi connectivity index (χ0n) is 12.4. The van der Waals surface area contributed by atoms with Gasteiger partial charge in [-0.2, -0.15) is 18.3 Å². The van der Waals surface area contributed by atoms with E-state index in [0.29, 0.717) is 12.8 Å². The SMILES string of the molecule is O=C(NCCNC(=O)[C@H]1CCCC[C@@H]1C(F)(F)F)c1ccn[nH]1. The highest BCUT2D eigenvalue weighted by Crippen LogP contribution is 2.41. The molecule has 128 valence electrons. The van der Waals surface area contributed by atoms with Crippen LogP contribution < -0.4 is 10.6 Å². The van der Waals surface area contributed by atoms with Crippen LogP contribution in [-0.4, -0.2) is 41.3 Å². The van der Waals surface area contributed by atoms with E-state index in [1.807, 2.05) is 0 Å². The molecule has 2 amide bonds. The quantitative estimate of drug-likeness (QED) is 0.716. The number of carbonyl (C=O) groups is 2. The van der Waals surface area contributed by atoms with E-state index in [4.69, 9.17) is 0 Å². The summed E-state index contributed by atoms with van der Waals surface area (Å²) in [6, 6.07) is 1.49. The van der Waals surface area contributed by atoms with Crippen molar-refractivity contribution in [2.75, 3.05) is 13.1 Å². The zero-order chi connectivity index (χ0) is 16.9. The average molecular weight is 332 g/mol. The second-order valence-electron chi connectivity index (χ2n) is 5.56. The van der Waals surface area contributed by atoms with Crippen molar-refractivity contribution in [1.82, 2.24) is 20.8 Å². The fourth-order valence-electron chi connectivity index (χ4n) is 2.81. The van der Waals surface area contributed by atoms with Crippen molar-refractivity contribution in [3.63, 3.8) is 0 Å². The predicted molar refractivity (Wildman–Crippen MR) is 75.4 cm³/mol. The number of amides is 2. The Morgan fingerprint density at radius 3 is 2.57 bits per heavy atom. The number of H-pyrrole nitrogens is 1. The van der Waals surface area contributed by atoms with Crippen molar-refractivity contribution < 1.29 is 22.8 Å². The Labute approximate surface area is 131 Å². The molecule has 0 unspecified atom stereocenters. The van der Waals surface area contributed by atoms with Gasteiger partial charge in [0.05, 0.1) is 5.92 Å². The molecule has 23 heavy (non-hydrogen) atoms. The Kier molecular flexibility index (Phi) is 5.62. The Balaban J connectivity index is 1.76. The molecular formula is C14H19F3N4O2. The van der Waals surface area contributed by atoms with Crippen molar-refractivity contribution in [1.29, 1.82) is 0 Å². The Morgan fingerprint density at radius 2 is 1.91 bits per heavy atom. The van der Waals surface area contributed by atoms with Gasteiger partial charge >= 0.3 is 6.18 Å². The highest BCUT2D eigenvalue weighted by Gasteiger charge is 2.47. The van der Waals surface area contributed by atoms with Crippen molar-refractivity contribution in [3.8, 4) is 0 Å². The maximum Gasteiger partial charge on any atom is 0.392 e. The van der Waals surface area contributed by atoms with E-state index in [2.05, 4.69) is 20.8 Å². The summed E-state index contributed by atoms with van der Waals surface area (Å²) in [5.74, 6) is -3.59. The minimum Gasteiger partial charge on any atom is -0.354 e. The first-order chi connectivity index (χ1) is 10.9. The summed E-state index contributed by atoms with van der Waals surface area (Å²) in [4.78, 5) is 23.6. The molecule has 1 aliphatic carbocycles. The number of nitrogens with one attached hydrogen (secondary N) is 3.